The van der Waals surface area contributed by atoms with E-state index in [9.17, 15) is 4.79 Å². The van der Waals surface area contributed by atoms with E-state index in [1.807, 2.05) is 37.3 Å². The monoisotopic (exact) mass is 312 g/mol. The first-order chi connectivity index (χ1) is 11.3. The summed E-state index contributed by atoms with van der Waals surface area (Å²) in [6, 6.07) is 9.42. The molecule has 1 N–H and O–H groups in total. The van der Waals surface area contributed by atoms with E-state index in [2.05, 4.69) is 25.3 Å². The number of hydrogen-bond acceptors (Lipinski definition) is 5. The highest BCUT2D eigenvalue weighted by molar-refractivity contribution is 5.73. The molecule has 0 atom stereocenters. The van der Waals surface area contributed by atoms with Crippen LogP contribution in [0.4, 0.5) is 11.8 Å². The van der Waals surface area contributed by atoms with Gasteiger partial charge in [-0.25, -0.2) is 9.97 Å². The molecule has 0 aliphatic rings. The van der Waals surface area contributed by atoms with E-state index in [1.165, 1.54) is 0 Å². The van der Waals surface area contributed by atoms with Crippen molar-refractivity contribution in [2.45, 2.75) is 13.3 Å². The van der Waals surface area contributed by atoms with Crippen LogP contribution in [-0.4, -0.2) is 29.6 Å². The van der Waals surface area contributed by atoms with Gasteiger partial charge in [-0.2, -0.15) is 0 Å². The van der Waals surface area contributed by atoms with Crippen LogP contribution < -0.4 is 5.32 Å². The summed E-state index contributed by atoms with van der Waals surface area (Å²) in [6.07, 6.45) is 0.970. The van der Waals surface area contributed by atoms with Gasteiger partial charge in [0, 0.05) is 22.6 Å². The Morgan fingerprint density at radius 3 is 2.78 bits per heavy atom. The third-order valence-electron chi connectivity index (χ3n) is 3.06. The van der Waals surface area contributed by atoms with Crippen LogP contribution in [0.5, 0.6) is 0 Å². The number of nitrogens with one attached hydrogen (secondary N) is 1. The molecular formula is C15H16N6O2. The lowest BCUT2D eigenvalue weighted by Gasteiger charge is -2.13. The van der Waals surface area contributed by atoms with Gasteiger partial charge in [0.2, 0.25) is 12.4 Å². The maximum Gasteiger partial charge on any atom is 0.230 e. The second-order valence-electron chi connectivity index (χ2n) is 4.46. The molecule has 0 aliphatic heterocycles. The number of carbonyl (C=O) groups is 1. The summed E-state index contributed by atoms with van der Waals surface area (Å²) in [6.45, 7) is 2.94. The largest absolute Gasteiger partial charge is 0.381 e. The molecule has 8 heteroatoms. The molecule has 8 nitrogen and oxygen atoms in total. The fraction of sp³-hybridized carbons (Fsp3) is 0.267. The number of anilines is 1. The lowest BCUT2D eigenvalue weighted by molar-refractivity contribution is -0.105. The quantitative estimate of drug-likeness (QED) is 0.265. The molecule has 1 amide bonds. The zero-order chi connectivity index (χ0) is 16.5. The maximum absolute atomic E-state index is 10.7. The first-order valence-corrected chi connectivity index (χ1v) is 7.09. The Morgan fingerprint density at radius 1 is 1.35 bits per heavy atom. The van der Waals surface area contributed by atoms with Gasteiger partial charge < -0.3 is 4.74 Å². The lowest BCUT2D eigenvalue weighted by Crippen LogP contribution is -2.07. The van der Waals surface area contributed by atoms with E-state index in [-0.39, 0.29) is 11.8 Å². The molecule has 2 aromatic rings. The Hall–Kier alpha value is -2.96. The highest BCUT2D eigenvalue weighted by atomic mass is 16.5. The highest BCUT2D eigenvalue weighted by Gasteiger charge is 2.15. The van der Waals surface area contributed by atoms with E-state index >= 15 is 0 Å². The fourth-order valence-electron chi connectivity index (χ4n) is 2.10. The van der Waals surface area contributed by atoms with Gasteiger partial charge in [0.1, 0.15) is 5.82 Å². The topological polar surface area (TPSA) is 113 Å². The predicted molar refractivity (Wildman–Crippen MR) is 86.2 cm³/mol. The number of amides is 1. The predicted octanol–water partition coefficient (Wildman–Crippen LogP) is 3.23. The molecule has 0 saturated carbocycles. The minimum absolute atomic E-state index is 0.0846. The van der Waals surface area contributed by atoms with Crippen molar-refractivity contribution in [2.75, 3.05) is 18.5 Å². The summed E-state index contributed by atoms with van der Waals surface area (Å²) < 4.78 is 5.38. The zero-order valence-corrected chi connectivity index (χ0v) is 12.6. The maximum atomic E-state index is 10.7. The molecule has 1 aromatic carbocycles. The molecule has 118 valence electrons. The van der Waals surface area contributed by atoms with Gasteiger partial charge in [-0.15, -0.1) is 0 Å². The van der Waals surface area contributed by atoms with Crippen LogP contribution in [0.1, 0.15) is 12.5 Å². The third-order valence-corrected chi connectivity index (χ3v) is 3.06. The van der Waals surface area contributed by atoms with E-state index in [4.69, 9.17) is 10.3 Å². The zero-order valence-electron chi connectivity index (χ0n) is 12.6. The van der Waals surface area contributed by atoms with Crippen molar-refractivity contribution >= 4 is 18.2 Å². The van der Waals surface area contributed by atoms with E-state index in [0.717, 1.165) is 5.56 Å². The standard InChI is InChI=1S/C15H16N6O2/c1-2-23-9-8-12-13(11-6-4-3-5-7-11)18-15(17-10-22)19-14(12)20-21-16/h3-7,10H,2,8-9H2,1H3,(H,17,18,19,22). The number of aromatic nitrogens is 2. The van der Waals surface area contributed by atoms with Gasteiger partial charge in [-0.3, -0.25) is 10.1 Å². The summed E-state index contributed by atoms with van der Waals surface area (Å²) in [5, 5.41) is 6.03. The molecule has 0 spiro atoms. The second-order valence-corrected chi connectivity index (χ2v) is 4.46. The fourth-order valence-corrected chi connectivity index (χ4v) is 2.10. The molecule has 0 bridgehead atoms. The van der Waals surface area contributed by atoms with E-state index < -0.39 is 0 Å². The molecular weight excluding hydrogens is 296 g/mol. The molecule has 0 aliphatic carbocycles. The Labute approximate surface area is 133 Å². The first kappa shape index (κ1) is 16.4. The summed E-state index contributed by atoms with van der Waals surface area (Å²) in [5.41, 5.74) is 10.9. The average Bonchev–Trinajstić information content (AvgIpc) is 2.58. The van der Waals surface area contributed by atoms with Gasteiger partial charge >= 0.3 is 0 Å². The molecule has 0 unspecified atom stereocenters. The third kappa shape index (κ3) is 4.26. The average molecular weight is 312 g/mol. The van der Waals surface area contributed by atoms with Crippen LogP contribution in [0.2, 0.25) is 0 Å². The Bertz CT molecular complexity index is 713. The van der Waals surface area contributed by atoms with Gasteiger partial charge in [0.15, 0.2) is 0 Å². The van der Waals surface area contributed by atoms with Crippen LogP contribution in [0.3, 0.4) is 0 Å². The van der Waals surface area contributed by atoms with E-state index in [0.29, 0.717) is 37.3 Å². The number of ether oxygens (including phenoxy) is 1. The smallest absolute Gasteiger partial charge is 0.230 e. The molecule has 0 saturated heterocycles. The minimum Gasteiger partial charge on any atom is -0.381 e. The van der Waals surface area contributed by atoms with Crippen LogP contribution in [0, 0.1) is 0 Å². The van der Waals surface area contributed by atoms with Crippen LogP contribution in [-0.2, 0) is 16.0 Å². The van der Waals surface area contributed by atoms with Crippen molar-refractivity contribution < 1.29 is 9.53 Å². The Morgan fingerprint density at radius 2 is 2.13 bits per heavy atom. The summed E-state index contributed by atoms with van der Waals surface area (Å²) >= 11 is 0. The number of azide groups is 1. The van der Waals surface area contributed by atoms with Crippen molar-refractivity contribution in [1.29, 1.82) is 0 Å². The Kier molecular flexibility index (Phi) is 6.05. The minimum atomic E-state index is 0.0846. The van der Waals surface area contributed by atoms with Crippen LogP contribution in [0.25, 0.3) is 21.7 Å². The normalized spacial score (nSPS) is 9.96. The summed E-state index contributed by atoms with van der Waals surface area (Å²) in [7, 11) is 0. The number of benzene rings is 1. The summed E-state index contributed by atoms with van der Waals surface area (Å²) in [5.74, 6) is 0.270. The van der Waals surface area contributed by atoms with Gasteiger partial charge in [0.25, 0.3) is 0 Å². The first-order valence-electron chi connectivity index (χ1n) is 7.09. The number of nitrogens with zero attached hydrogens (tertiary/aromatic N) is 5. The van der Waals surface area contributed by atoms with Crippen LogP contribution in [0.15, 0.2) is 35.4 Å². The van der Waals surface area contributed by atoms with Gasteiger partial charge in [0.05, 0.1) is 12.3 Å². The second kappa shape index (κ2) is 8.47. The SMILES string of the molecule is CCOCCc1c(N=[N+]=[N-])nc(NC=O)nc1-c1ccccc1. The number of hydrogen-bond donors (Lipinski definition) is 1. The van der Waals surface area contributed by atoms with Gasteiger partial charge in [-0.1, -0.05) is 30.3 Å². The molecule has 1 heterocycles. The van der Waals surface area contributed by atoms with Crippen LogP contribution >= 0.6 is 0 Å². The number of rotatable bonds is 8. The molecule has 0 radical (unpaired) electrons. The summed E-state index contributed by atoms with van der Waals surface area (Å²) in [4.78, 5) is 21.9. The van der Waals surface area contributed by atoms with Crippen molar-refractivity contribution in [3.63, 3.8) is 0 Å². The van der Waals surface area contributed by atoms with Crippen molar-refractivity contribution in [2.24, 2.45) is 5.11 Å². The number of carbonyl (C=O) groups excluding carboxylic acids is 1. The Balaban J connectivity index is 2.57. The van der Waals surface area contributed by atoms with E-state index in [1.54, 1.807) is 0 Å². The van der Waals surface area contributed by atoms with Crippen molar-refractivity contribution in [3.05, 3.63) is 46.3 Å². The van der Waals surface area contributed by atoms with Gasteiger partial charge in [-0.05, 0) is 24.0 Å². The molecule has 0 fully saturated rings. The molecule has 1 aromatic heterocycles. The molecule has 2 rings (SSSR count). The lowest BCUT2D eigenvalue weighted by atomic mass is 10.0. The highest BCUT2D eigenvalue weighted by Crippen LogP contribution is 2.30. The molecule has 23 heavy (non-hydrogen) atoms. The van der Waals surface area contributed by atoms with Crippen molar-refractivity contribution in [3.8, 4) is 11.3 Å². The van der Waals surface area contributed by atoms with Crippen molar-refractivity contribution in [1.82, 2.24) is 9.97 Å².